The van der Waals surface area contributed by atoms with Crippen molar-refractivity contribution < 1.29 is 61.9 Å². The second-order valence-corrected chi connectivity index (χ2v) is 10.1. The molecule has 0 saturated carbocycles. The van der Waals surface area contributed by atoms with Crippen LogP contribution in [0.15, 0.2) is 61.2 Å². The topological polar surface area (TPSA) is 159 Å². The summed E-state index contributed by atoms with van der Waals surface area (Å²) in [7, 11) is 0. The average molecular weight is 627 g/mol. The zero-order valence-corrected chi connectivity index (χ0v) is 24.7. The van der Waals surface area contributed by atoms with Gasteiger partial charge in [-0.2, -0.15) is 0 Å². The molecule has 2 fully saturated rings. The number of ether oxygens (including phenoxy) is 8. The Morgan fingerprint density at radius 2 is 1.22 bits per heavy atom. The van der Waals surface area contributed by atoms with E-state index in [0.717, 1.165) is 18.9 Å². The molecule has 0 spiro atoms. The monoisotopic (exact) mass is 626 g/mol. The normalized spacial score (nSPS) is 19.9. The van der Waals surface area contributed by atoms with E-state index in [2.05, 4.69) is 6.58 Å². The fourth-order valence-electron chi connectivity index (χ4n) is 4.60. The largest absolute Gasteiger partial charge is 0.513 e. The van der Waals surface area contributed by atoms with Crippen LogP contribution in [0.5, 0.6) is 11.5 Å². The fourth-order valence-corrected chi connectivity index (χ4v) is 4.60. The van der Waals surface area contributed by atoms with Crippen LogP contribution in [0.25, 0.3) is 0 Å². The van der Waals surface area contributed by atoms with Gasteiger partial charge in [-0.05, 0) is 74.2 Å². The average Bonchev–Trinajstić information content (AvgIpc) is 3.61. The molecule has 2 saturated heterocycles. The Balaban J connectivity index is 1.15. The van der Waals surface area contributed by atoms with Gasteiger partial charge in [-0.25, -0.2) is 19.2 Å². The molecule has 4 rings (SSSR count). The number of carbonyl (C=O) groups excluding carboxylic acids is 5. The van der Waals surface area contributed by atoms with Crippen LogP contribution in [0.2, 0.25) is 0 Å². The molecule has 0 aliphatic carbocycles. The molecule has 2 aromatic rings. The van der Waals surface area contributed by atoms with E-state index in [9.17, 15) is 24.0 Å². The van der Waals surface area contributed by atoms with Crippen LogP contribution in [0.3, 0.4) is 0 Å². The molecule has 2 aliphatic heterocycles. The third kappa shape index (κ3) is 9.88. The van der Waals surface area contributed by atoms with Crippen LogP contribution in [0.4, 0.5) is 4.79 Å². The predicted molar refractivity (Wildman–Crippen MR) is 154 cm³/mol. The summed E-state index contributed by atoms with van der Waals surface area (Å²) >= 11 is 0. The Morgan fingerprint density at radius 1 is 0.711 bits per heavy atom. The first-order chi connectivity index (χ1) is 21.7. The van der Waals surface area contributed by atoms with Crippen molar-refractivity contribution in [3.8, 4) is 11.5 Å². The van der Waals surface area contributed by atoms with Gasteiger partial charge < -0.3 is 37.9 Å². The van der Waals surface area contributed by atoms with Crippen LogP contribution in [0.1, 0.15) is 53.3 Å². The van der Waals surface area contributed by atoms with Crippen LogP contribution in [0, 0.1) is 0 Å². The van der Waals surface area contributed by atoms with Gasteiger partial charge in [0.2, 0.25) is 0 Å². The van der Waals surface area contributed by atoms with Gasteiger partial charge in [0.1, 0.15) is 23.7 Å². The van der Waals surface area contributed by atoms with E-state index in [-0.39, 0.29) is 42.4 Å². The molecule has 4 atom stereocenters. The zero-order valence-electron chi connectivity index (χ0n) is 24.7. The quantitative estimate of drug-likeness (QED) is 0.0741. The number of benzene rings is 2. The van der Waals surface area contributed by atoms with Crippen molar-refractivity contribution >= 4 is 30.0 Å². The van der Waals surface area contributed by atoms with Crippen molar-refractivity contribution in [3.05, 3.63) is 72.3 Å². The van der Waals surface area contributed by atoms with Crippen LogP contribution in [-0.2, 0) is 38.0 Å². The summed E-state index contributed by atoms with van der Waals surface area (Å²) in [4.78, 5) is 59.4. The highest BCUT2D eigenvalue weighted by atomic mass is 16.7. The van der Waals surface area contributed by atoms with Crippen molar-refractivity contribution in [1.29, 1.82) is 0 Å². The first-order valence-corrected chi connectivity index (χ1v) is 14.4. The van der Waals surface area contributed by atoms with E-state index in [4.69, 9.17) is 37.9 Å². The van der Waals surface area contributed by atoms with Gasteiger partial charge >= 0.3 is 30.0 Å². The standard InChI is InChI=1S/C32H34O13/c1-3-27(34)38-16-6-4-5-7-17-39-32(37)44-24-14-10-21(11-15-24)30(35)43-23-12-8-22(9-13-23)31(36)45-26-19-41-28-25(42-20(2)33)18-40-29(26)28/h3,8-15,25-26,28-29H,1,4-7,16-19H2,2H3/t25-,26+,28?,29?/m1/s1. The molecule has 240 valence electrons. The molecule has 2 aliphatic rings. The smallest absolute Gasteiger partial charge is 0.463 e. The third-order valence-corrected chi connectivity index (χ3v) is 6.80. The molecule has 13 nitrogen and oxygen atoms in total. The van der Waals surface area contributed by atoms with E-state index < -0.39 is 54.4 Å². The van der Waals surface area contributed by atoms with E-state index in [0.29, 0.717) is 19.4 Å². The summed E-state index contributed by atoms with van der Waals surface area (Å²) < 4.78 is 42.4. The number of unbranched alkanes of at least 4 members (excludes halogenated alkanes) is 3. The summed E-state index contributed by atoms with van der Waals surface area (Å²) in [5, 5.41) is 0. The molecular formula is C32H34O13. The number of fused-ring (bicyclic) bond motifs is 1. The van der Waals surface area contributed by atoms with Crippen molar-refractivity contribution in [2.75, 3.05) is 26.4 Å². The lowest BCUT2D eigenvalue weighted by molar-refractivity contribution is -0.151. The number of hydrogen-bond acceptors (Lipinski definition) is 13. The summed E-state index contributed by atoms with van der Waals surface area (Å²) in [5.41, 5.74) is 0.435. The van der Waals surface area contributed by atoms with Gasteiger partial charge in [-0.1, -0.05) is 6.58 Å². The Hall–Kier alpha value is -4.75. The van der Waals surface area contributed by atoms with Crippen molar-refractivity contribution in [2.45, 2.75) is 57.0 Å². The Bertz CT molecular complexity index is 1350. The van der Waals surface area contributed by atoms with Crippen molar-refractivity contribution in [2.24, 2.45) is 0 Å². The highest BCUT2D eigenvalue weighted by molar-refractivity contribution is 5.92. The molecule has 0 aromatic heterocycles. The lowest BCUT2D eigenvalue weighted by atomic mass is 10.1. The first-order valence-electron chi connectivity index (χ1n) is 14.4. The number of rotatable bonds is 14. The summed E-state index contributed by atoms with van der Waals surface area (Å²) in [5.74, 6) is -1.78. The molecule has 13 heteroatoms. The van der Waals surface area contributed by atoms with Gasteiger partial charge in [-0.3, -0.25) is 4.79 Å². The lowest BCUT2D eigenvalue weighted by Gasteiger charge is -2.17. The summed E-state index contributed by atoms with van der Waals surface area (Å²) in [6.07, 6.45) is 0.924. The van der Waals surface area contributed by atoms with E-state index in [1.807, 2.05) is 0 Å². The fraction of sp³-hybridized carbons (Fsp3) is 0.406. The lowest BCUT2D eigenvalue weighted by Crippen LogP contribution is -2.35. The Morgan fingerprint density at radius 3 is 1.78 bits per heavy atom. The Labute approximate surface area is 259 Å². The van der Waals surface area contributed by atoms with Gasteiger partial charge in [-0.15, -0.1) is 0 Å². The van der Waals surface area contributed by atoms with Crippen molar-refractivity contribution in [3.63, 3.8) is 0 Å². The van der Waals surface area contributed by atoms with E-state index in [1.54, 1.807) is 0 Å². The molecular weight excluding hydrogens is 592 g/mol. The highest BCUT2D eigenvalue weighted by Gasteiger charge is 2.51. The van der Waals surface area contributed by atoms with Crippen LogP contribution >= 0.6 is 0 Å². The van der Waals surface area contributed by atoms with Gasteiger partial charge in [0, 0.05) is 13.0 Å². The SMILES string of the molecule is C=CC(=O)OCCCCCCOC(=O)Oc1ccc(C(=O)Oc2ccc(C(=O)O[C@H]3COC4C3OC[C@H]4OC(C)=O)cc2)cc1. The summed E-state index contributed by atoms with van der Waals surface area (Å²) in [6.45, 7) is 5.39. The molecule has 0 bridgehead atoms. The van der Waals surface area contributed by atoms with E-state index in [1.165, 1.54) is 55.5 Å². The number of hydrogen-bond donors (Lipinski definition) is 0. The molecule has 0 N–H and O–H groups in total. The second-order valence-electron chi connectivity index (χ2n) is 10.1. The van der Waals surface area contributed by atoms with Gasteiger partial charge in [0.15, 0.2) is 12.2 Å². The minimum Gasteiger partial charge on any atom is -0.463 e. The van der Waals surface area contributed by atoms with E-state index >= 15 is 0 Å². The number of carbonyl (C=O) groups is 5. The first kappa shape index (κ1) is 33.1. The van der Waals surface area contributed by atoms with Crippen LogP contribution in [-0.4, -0.2) is 80.9 Å². The maximum Gasteiger partial charge on any atom is 0.513 e. The molecule has 2 heterocycles. The second kappa shape index (κ2) is 16.4. The number of esters is 4. The van der Waals surface area contributed by atoms with Gasteiger partial charge in [0.25, 0.3) is 0 Å². The van der Waals surface area contributed by atoms with Crippen LogP contribution < -0.4 is 9.47 Å². The summed E-state index contributed by atoms with van der Waals surface area (Å²) in [6, 6.07) is 11.6. The minimum atomic E-state index is -0.869. The molecule has 0 radical (unpaired) electrons. The molecule has 2 aromatic carbocycles. The van der Waals surface area contributed by atoms with Gasteiger partial charge in [0.05, 0.1) is 37.6 Å². The maximum atomic E-state index is 12.7. The molecule has 2 unspecified atom stereocenters. The molecule has 0 amide bonds. The van der Waals surface area contributed by atoms with Crippen molar-refractivity contribution in [1.82, 2.24) is 0 Å². The maximum absolute atomic E-state index is 12.7. The zero-order chi connectivity index (χ0) is 32.2. The highest BCUT2D eigenvalue weighted by Crippen LogP contribution is 2.31. The third-order valence-electron chi connectivity index (χ3n) is 6.80. The predicted octanol–water partition coefficient (Wildman–Crippen LogP) is 3.97. The Kier molecular flexibility index (Phi) is 12.0. The molecule has 45 heavy (non-hydrogen) atoms. The minimum absolute atomic E-state index is 0.110.